The third kappa shape index (κ3) is 3.56. The summed E-state index contributed by atoms with van der Waals surface area (Å²) in [6.07, 6.45) is 8.08. The normalized spacial score (nSPS) is 29.6. The molecule has 4 bridgehead atoms. The van der Waals surface area contributed by atoms with Crippen molar-refractivity contribution in [2.75, 3.05) is 0 Å². The van der Waals surface area contributed by atoms with Gasteiger partial charge in [0.25, 0.3) is 5.91 Å². The minimum Gasteiger partial charge on any atom is -0.441 e. The van der Waals surface area contributed by atoms with Gasteiger partial charge in [-0.1, -0.05) is 18.2 Å². The predicted molar refractivity (Wildman–Crippen MR) is 108 cm³/mol. The average Bonchev–Trinajstić information content (AvgIpc) is 3.07. The molecule has 0 unspecified atom stereocenters. The van der Waals surface area contributed by atoms with Crippen molar-refractivity contribution in [3.8, 4) is 11.5 Å². The van der Waals surface area contributed by atoms with Crippen LogP contribution in [0.3, 0.4) is 0 Å². The molecule has 0 saturated heterocycles. The average molecular weight is 393 g/mol. The number of carbonyl (C=O) groups is 2. The zero-order chi connectivity index (χ0) is 20.0. The van der Waals surface area contributed by atoms with Gasteiger partial charge in [-0.2, -0.15) is 0 Å². The fraction of sp³-hybridized carbons (Fsp3) is 0.522. The molecule has 6 rings (SSSR count). The van der Waals surface area contributed by atoms with Gasteiger partial charge < -0.3 is 4.42 Å². The van der Waals surface area contributed by atoms with Gasteiger partial charge in [0.2, 0.25) is 11.8 Å². The number of nitrogens with zero attached hydrogens (tertiary/aromatic N) is 1. The molecule has 1 aromatic carbocycles. The van der Waals surface area contributed by atoms with Gasteiger partial charge in [0.1, 0.15) is 5.76 Å². The Morgan fingerprint density at radius 3 is 2.28 bits per heavy atom. The molecule has 29 heavy (non-hydrogen) atoms. The van der Waals surface area contributed by atoms with E-state index in [9.17, 15) is 9.59 Å². The summed E-state index contributed by atoms with van der Waals surface area (Å²) in [5.41, 5.74) is 6.28. The van der Waals surface area contributed by atoms with Crippen molar-refractivity contribution >= 4 is 11.8 Å². The molecule has 0 spiro atoms. The molecule has 2 amide bonds. The minimum absolute atomic E-state index is 0.107. The summed E-state index contributed by atoms with van der Waals surface area (Å²) in [5, 5.41) is 0. The quantitative estimate of drug-likeness (QED) is 0.769. The largest absolute Gasteiger partial charge is 0.441 e. The van der Waals surface area contributed by atoms with Crippen molar-refractivity contribution in [2.45, 2.75) is 51.9 Å². The smallest absolute Gasteiger partial charge is 0.291 e. The van der Waals surface area contributed by atoms with Gasteiger partial charge in [-0.3, -0.25) is 20.4 Å². The van der Waals surface area contributed by atoms with Crippen molar-refractivity contribution in [3.05, 3.63) is 41.8 Å². The Morgan fingerprint density at radius 2 is 1.66 bits per heavy atom. The number of aryl methyl sites for hydroxylation is 1. The van der Waals surface area contributed by atoms with Gasteiger partial charge in [-0.25, -0.2) is 4.98 Å². The number of hydrazine groups is 1. The topological polar surface area (TPSA) is 84.2 Å². The zero-order valence-corrected chi connectivity index (χ0v) is 16.7. The van der Waals surface area contributed by atoms with Crippen molar-refractivity contribution in [2.24, 2.45) is 23.2 Å². The van der Waals surface area contributed by atoms with Gasteiger partial charge in [0, 0.05) is 12.0 Å². The molecule has 1 aromatic heterocycles. The van der Waals surface area contributed by atoms with E-state index in [4.69, 9.17) is 4.42 Å². The van der Waals surface area contributed by atoms with Crippen LogP contribution >= 0.6 is 0 Å². The second-order valence-corrected chi connectivity index (χ2v) is 9.39. The Hall–Kier alpha value is -2.63. The van der Waals surface area contributed by atoms with Gasteiger partial charge in [-0.05, 0) is 80.8 Å². The minimum atomic E-state index is -0.452. The summed E-state index contributed by atoms with van der Waals surface area (Å²) in [4.78, 5) is 29.4. The second-order valence-electron chi connectivity index (χ2n) is 9.39. The van der Waals surface area contributed by atoms with Crippen LogP contribution in [-0.4, -0.2) is 16.8 Å². The van der Waals surface area contributed by atoms with Crippen molar-refractivity contribution < 1.29 is 14.0 Å². The lowest BCUT2D eigenvalue weighted by molar-refractivity contribution is -0.130. The number of rotatable bonds is 4. The Balaban J connectivity index is 1.20. The monoisotopic (exact) mass is 393 g/mol. The number of carbonyl (C=O) groups excluding carboxylic acids is 2. The third-order valence-electron chi connectivity index (χ3n) is 7.05. The van der Waals surface area contributed by atoms with Gasteiger partial charge in [-0.15, -0.1) is 0 Å². The first-order chi connectivity index (χ1) is 14.0. The molecule has 2 N–H and O–H groups in total. The highest BCUT2D eigenvalue weighted by atomic mass is 16.4. The molecule has 2 aromatic rings. The molecule has 0 aliphatic heterocycles. The van der Waals surface area contributed by atoms with Gasteiger partial charge >= 0.3 is 0 Å². The summed E-state index contributed by atoms with van der Waals surface area (Å²) in [6.45, 7) is 1.70. The first-order valence-corrected chi connectivity index (χ1v) is 10.6. The summed E-state index contributed by atoms with van der Waals surface area (Å²) in [7, 11) is 0. The molecule has 4 fully saturated rings. The highest BCUT2D eigenvalue weighted by molar-refractivity contribution is 5.95. The van der Waals surface area contributed by atoms with Crippen LogP contribution in [0.5, 0.6) is 0 Å². The predicted octanol–water partition coefficient (Wildman–Crippen LogP) is 4.02. The van der Waals surface area contributed by atoms with Crippen molar-refractivity contribution in [1.29, 1.82) is 0 Å². The fourth-order valence-corrected chi connectivity index (χ4v) is 6.39. The van der Waals surface area contributed by atoms with Crippen LogP contribution in [0, 0.1) is 30.1 Å². The van der Waals surface area contributed by atoms with Crippen LogP contribution in [0.25, 0.3) is 11.5 Å². The second kappa shape index (κ2) is 7.01. The Morgan fingerprint density at radius 1 is 1.03 bits per heavy atom. The van der Waals surface area contributed by atoms with Crippen LogP contribution in [-0.2, 0) is 4.79 Å². The molecule has 1 heterocycles. The van der Waals surface area contributed by atoms with E-state index in [1.54, 1.807) is 6.92 Å². The third-order valence-corrected chi connectivity index (χ3v) is 7.05. The molecule has 152 valence electrons. The van der Waals surface area contributed by atoms with E-state index in [2.05, 4.69) is 15.8 Å². The Bertz CT molecular complexity index is 899. The maximum absolute atomic E-state index is 12.6. The van der Waals surface area contributed by atoms with E-state index in [1.165, 1.54) is 38.5 Å². The lowest BCUT2D eigenvalue weighted by atomic mass is 9.49. The fourth-order valence-electron chi connectivity index (χ4n) is 6.39. The molecular formula is C23H27N3O3. The van der Waals surface area contributed by atoms with Gasteiger partial charge in [0.15, 0.2) is 5.69 Å². The zero-order valence-electron chi connectivity index (χ0n) is 16.7. The van der Waals surface area contributed by atoms with E-state index < -0.39 is 5.91 Å². The van der Waals surface area contributed by atoms with Crippen molar-refractivity contribution in [3.63, 3.8) is 0 Å². The first kappa shape index (κ1) is 18.4. The highest BCUT2D eigenvalue weighted by Gasteiger charge is 2.51. The van der Waals surface area contributed by atoms with E-state index in [1.807, 2.05) is 30.3 Å². The number of amides is 2. The van der Waals surface area contributed by atoms with Crippen molar-refractivity contribution in [1.82, 2.24) is 15.8 Å². The Kier molecular flexibility index (Phi) is 4.45. The summed E-state index contributed by atoms with van der Waals surface area (Å²) < 4.78 is 5.63. The molecule has 4 saturated carbocycles. The van der Waals surface area contributed by atoms with E-state index in [0.717, 1.165) is 23.3 Å². The summed E-state index contributed by atoms with van der Waals surface area (Å²) in [5.74, 6) is 2.68. The highest BCUT2D eigenvalue weighted by Crippen LogP contribution is 2.61. The molecule has 6 nitrogen and oxygen atoms in total. The molecule has 0 atom stereocenters. The maximum Gasteiger partial charge on any atom is 0.291 e. The number of hydrogen-bond acceptors (Lipinski definition) is 4. The van der Waals surface area contributed by atoms with Crippen LogP contribution in [0.2, 0.25) is 0 Å². The van der Waals surface area contributed by atoms with Crippen LogP contribution in [0.15, 0.2) is 34.7 Å². The number of benzene rings is 1. The van der Waals surface area contributed by atoms with E-state index in [-0.39, 0.29) is 17.0 Å². The summed E-state index contributed by atoms with van der Waals surface area (Å²) >= 11 is 0. The van der Waals surface area contributed by atoms with E-state index in [0.29, 0.717) is 18.1 Å². The van der Waals surface area contributed by atoms with Crippen LogP contribution in [0.1, 0.15) is 61.2 Å². The van der Waals surface area contributed by atoms with Crippen LogP contribution < -0.4 is 10.9 Å². The molecular weight excluding hydrogens is 366 g/mol. The maximum atomic E-state index is 12.6. The van der Waals surface area contributed by atoms with Crippen LogP contribution in [0.4, 0.5) is 0 Å². The number of nitrogens with one attached hydrogen (secondary N) is 2. The molecule has 6 heteroatoms. The molecule has 0 radical (unpaired) electrons. The lowest BCUT2D eigenvalue weighted by Crippen LogP contribution is -2.50. The van der Waals surface area contributed by atoms with Gasteiger partial charge in [0.05, 0.1) is 0 Å². The number of hydrogen-bond donors (Lipinski definition) is 2. The summed E-state index contributed by atoms with van der Waals surface area (Å²) in [6, 6.07) is 9.44. The standard InChI is InChI=1S/C23H27N3O3/c1-14-20(24-22(29-14)18-5-3-2-4-6-18)21(28)26-25-19(27)13-23-10-15-7-16(11-23)9-17(8-15)12-23/h2-6,15-17H,7-13H2,1H3,(H,25,27)(H,26,28). The van der Waals surface area contributed by atoms with E-state index >= 15 is 0 Å². The SMILES string of the molecule is Cc1oc(-c2ccccc2)nc1C(=O)NNC(=O)CC12CC3CC(CC(C3)C1)C2. The Labute approximate surface area is 170 Å². The lowest BCUT2D eigenvalue weighted by Gasteiger charge is -2.56. The first-order valence-electron chi connectivity index (χ1n) is 10.6. The number of aromatic nitrogens is 1. The molecule has 4 aliphatic carbocycles. The number of oxazole rings is 1. The molecule has 4 aliphatic rings.